The highest BCUT2D eigenvalue weighted by molar-refractivity contribution is 5.77. The molecule has 1 amide bonds. The van der Waals surface area contributed by atoms with E-state index in [1.54, 1.807) is 0 Å². The van der Waals surface area contributed by atoms with Crippen LogP contribution in [0.25, 0.3) is 0 Å². The van der Waals surface area contributed by atoms with Crippen LogP contribution < -0.4 is 5.32 Å². The molecule has 5 aliphatic rings. The largest absolute Gasteiger partial charge is 0.348 e. The zero-order valence-electron chi connectivity index (χ0n) is 16.0. The molecular weight excluding hydrogens is 296 g/mol. The van der Waals surface area contributed by atoms with E-state index >= 15 is 0 Å². The van der Waals surface area contributed by atoms with Crippen LogP contribution in [0.3, 0.4) is 0 Å². The van der Waals surface area contributed by atoms with Crippen molar-refractivity contribution < 1.29 is 9.28 Å². The van der Waals surface area contributed by atoms with Crippen molar-refractivity contribution in [1.29, 1.82) is 0 Å². The molecule has 0 aromatic carbocycles. The molecule has 0 aliphatic heterocycles. The number of carbonyl (C=O) groups excluding carboxylic acids is 1. The van der Waals surface area contributed by atoms with Gasteiger partial charge in [0.25, 0.3) is 5.91 Å². The zero-order chi connectivity index (χ0) is 16.9. The minimum absolute atomic E-state index is 0.287. The van der Waals surface area contributed by atoms with Crippen molar-refractivity contribution in [2.45, 2.75) is 83.2 Å². The first-order valence-corrected chi connectivity index (χ1v) is 10.5. The molecule has 24 heavy (non-hydrogen) atoms. The van der Waals surface area contributed by atoms with Gasteiger partial charge in [-0.15, -0.1) is 0 Å². The molecular formula is C21H37N2O+. The molecule has 3 heteroatoms. The Morgan fingerprint density at radius 3 is 2.04 bits per heavy atom. The standard InChI is InChI=1S/C21H36N2O/c1-15(21-11-16-8-17(12-21)10-18(9-16)13-21)22-20(24)14-23(2,3)19-6-4-5-7-19/h15-19H,4-14H2,1-3H3/p+1/t15-,16?,17?,18?,21?/m0/s1. The fourth-order valence-electron chi connectivity index (χ4n) is 7.25. The number of nitrogens with zero attached hydrogens (tertiary/aromatic N) is 1. The molecule has 0 saturated heterocycles. The SMILES string of the molecule is C[C@H](NC(=O)C[N+](C)(C)C1CCCC1)C12CC3CC(CC(C3)C1)C2. The van der Waals surface area contributed by atoms with Gasteiger partial charge in [-0.05, 0) is 94.3 Å². The van der Waals surface area contributed by atoms with Crippen LogP contribution in [0.15, 0.2) is 0 Å². The van der Waals surface area contributed by atoms with Gasteiger partial charge in [-0.3, -0.25) is 4.79 Å². The molecule has 0 aromatic rings. The van der Waals surface area contributed by atoms with Crippen LogP contribution in [0.4, 0.5) is 0 Å². The lowest BCUT2D eigenvalue weighted by Crippen LogP contribution is -2.59. The van der Waals surface area contributed by atoms with Crippen LogP contribution >= 0.6 is 0 Å². The average Bonchev–Trinajstić information content (AvgIpc) is 2.99. The van der Waals surface area contributed by atoms with Crippen molar-refractivity contribution in [2.24, 2.45) is 23.2 Å². The van der Waals surface area contributed by atoms with E-state index in [9.17, 15) is 4.79 Å². The average molecular weight is 334 g/mol. The van der Waals surface area contributed by atoms with Gasteiger partial charge in [0, 0.05) is 6.04 Å². The topological polar surface area (TPSA) is 29.1 Å². The lowest BCUT2D eigenvalue weighted by atomic mass is 9.48. The maximum absolute atomic E-state index is 12.8. The van der Waals surface area contributed by atoms with Gasteiger partial charge in [-0.25, -0.2) is 0 Å². The Bertz CT molecular complexity index is 457. The number of rotatable bonds is 5. The molecule has 0 aromatic heterocycles. The molecule has 0 heterocycles. The van der Waals surface area contributed by atoms with E-state index in [0.29, 0.717) is 24.0 Å². The Kier molecular flexibility index (Phi) is 4.22. The summed E-state index contributed by atoms with van der Waals surface area (Å²) in [4.78, 5) is 12.8. The number of amides is 1. The van der Waals surface area contributed by atoms with Crippen molar-refractivity contribution in [1.82, 2.24) is 5.32 Å². The molecule has 1 N–H and O–H groups in total. The highest BCUT2D eigenvalue weighted by Crippen LogP contribution is 2.61. The first-order valence-electron chi connectivity index (χ1n) is 10.5. The fraction of sp³-hybridized carbons (Fsp3) is 0.952. The second-order valence-electron chi connectivity index (χ2n) is 10.4. The van der Waals surface area contributed by atoms with E-state index in [-0.39, 0.29) is 5.91 Å². The summed E-state index contributed by atoms with van der Waals surface area (Å²) in [6.45, 7) is 2.96. The minimum atomic E-state index is 0.287. The van der Waals surface area contributed by atoms with Crippen LogP contribution in [-0.4, -0.2) is 43.1 Å². The van der Waals surface area contributed by atoms with Crippen molar-refractivity contribution in [3.63, 3.8) is 0 Å². The third-order valence-corrected chi connectivity index (χ3v) is 8.25. The number of carbonyl (C=O) groups is 1. The quantitative estimate of drug-likeness (QED) is 0.763. The van der Waals surface area contributed by atoms with Gasteiger partial charge in [0.1, 0.15) is 0 Å². The molecule has 0 radical (unpaired) electrons. The highest BCUT2D eigenvalue weighted by atomic mass is 16.2. The zero-order valence-corrected chi connectivity index (χ0v) is 16.0. The summed E-state index contributed by atoms with van der Waals surface area (Å²) in [6, 6.07) is 1.05. The molecule has 4 bridgehead atoms. The van der Waals surface area contributed by atoms with E-state index in [1.165, 1.54) is 64.2 Å². The maximum atomic E-state index is 12.8. The monoisotopic (exact) mass is 333 g/mol. The molecule has 3 nitrogen and oxygen atoms in total. The van der Waals surface area contributed by atoms with Gasteiger partial charge in [-0.1, -0.05) is 0 Å². The Hall–Kier alpha value is -0.570. The Morgan fingerprint density at radius 1 is 1.04 bits per heavy atom. The molecule has 5 saturated carbocycles. The molecule has 5 rings (SSSR count). The number of quaternary nitrogens is 1. The summed E-state index contributed by atoms with van der Waals surface area (Å²) in [7, 11) is 4.51. The van der Waals surface area contributed by atoms with Gasteiger partial charge in [0.05, 0.1) is 20.1 Å². The first-order chi connectivity index (χ1) is 11.4. The van der Waals surface area contributed by atoms with E-state index in [4.69, 9.17) is 0 Å². The van der Waals surface area contributed by atoms with E-state index in [1.807, 2.05) is 0 Å². The lowest BCUT2D eigenvalue weighted by molar-refractivity contribution is -0.906. The lowest BCUT2D eigenvalue weighted by Gasteiger charge is -2.59. The van der Waals surface area contributed by atoms with Crippen LogP contribution in [0.2, 0.25) is 0 Å². The fourth-order valence-corrected chi connectivity index (χ4v) is 7.25. The molecule has 5 fully saturated rings. The van der Waals surface area contributed by atoms with Crippen LogP contribution in [-0.2, 0) is 4.79 Å². The maximum Gasteiger partial charge on any atom is 0.275 e. The summed E-state index contributed by atoms with van der Waals surface area (Å²) in [5.74, 6) is 3.17. The Labute approximate surface area is 148 Å². The van der Waals surface area contributed by atoms with Gasteiger partial charge in [0.15, 0.2) is 6.54 Å². The first kappa shape index (κ1) is 16.9. The molecule has 1 atom stereocenters. The Morgan fingerprint density at radius 2 is 1.54 bits per heavy atom. The minimum Gasteiger partial charge on any atom is -0.348 e. The summed E-state index contributed by atoms with van der Waals surface area (Å²) in [5.41, 5.74) is 0.426. The van der Waals surface area contributed by atoms with Crippen LogP contribution in [0.5, 0.6) is 0 Å². The molecule has 136 valence electrons. The van der Waals surface area contributed by atoms with Crippen molar-refractivity contribution in [3.05, 3.63) is 0 Å². The van der Waals surface area contributed by atoms with Gasteiger partial charge in [-0.2, -0.15) is 0 Å². The second kappa shape index (κ2) is 6.00. The molecule has 5 aliphatic carbocycles. The Balaban J connectivity index is 1.37. The number of nitrogens with one attached hydrogen (secondary N) is 1. The number of hydrogen-bond acceptors (Lipinski definition) is 1. The second-order valence-corrected chi connectivity index (χ2v) is 10.4. The van der Waals surface area contributed by atoms with Gasteiger partial charge >= 0.3 is 0 Å². The van der Waals surface area contributed by atoms with E-state index < -0.39 is 0 Å². The summed E-state index contributed by atoms with van der Waals surface area (Å²) >= 11 is 0. The van der Waals surface area contributed by atoms with Crippen LogP contribution in [0.1, 0.15) is 71.1 Å². The molecule has 0 unspecified atom stereocenters. The van der Waals surface area contributed by atoms with Crippen molar-refractivity contribution in [3.8, 4) is 0 Å². The smallest absolute Gasteiger partial charge is 0.275 e. The number of likely N-dealkylation sites (N-methyl/N-ethyl adjacent to an activating group) is 1. The third-order valence-electron chi connectivity index (χ3n) is 8.25. The number of hydrogen-bond donors (Lipinski definition) is 1. The predicted molar refractivity (Wildman–Crippen MR) is 97.4 cm³/mol. The van der Waals surface area contributed by atoms with Crippen LogP contribution in [0, 0.1) is 23.2 Å². The summed E-state index contributed by atoms with van der Waals surface area (Å²) in [6.07, 6.45) is 13.8. The van der Waals surface area contributed by atoms with E-state index in [0.717, 1.165) is 22.2 Å². The third kappa shape index (κ3) is 3.02. The van der Waals surface area contributed by atoms with Gasteiger partial charge in [0.2, 0.25) is 0 Å². The summed E-state index contributed by atoms with van der Waals surface area (Å²) < 4.78 is 0.874. The molecule has 0 spiro atoms. The van der Waals surface area contributed by atoms with Gasteiger partial charge < -0.3 is 9.80 Å². The summed E-state index contributed by atoms with van der Waals surface area (Å²) in [5, 5.41) is 3.46. The highest BCUT2D eigenvalue weighted by Gasteiger charge is 2.53. The van der Waals surface area contributed by atoms with Crippen molar-refractivity contribution >= 4 is 5.91 Å². The predicted octanol–water partition coefficient (Wildman–Crippen LogP) is 3.73. The van der Waals surface area contributed by atoms with Crippen molar-refractivity contribution in [2.75, 3.05) is 20.6 Å². The normalized spacial score (nSPS) is 40.0. The van der Waals surface area contributed by atoms with E-state index in [2.05, 4.69) is 26.3 Å².